The minimum absolute atomic E-state index is 0.0605. The Morgan fingerprint density at radius 3 is 2.65 bits per heavy atom. The van der Waals surface area contributed by atoms with Crippen molar-refractivity contribution in [3.63, 3.8) is 0 Å². The average Bonchev–Trinajstić information content (AvgIpc) is 2.82. The Morgan fingerprint density at radius 2 is 2.13 bits per heavy atom. The Balaban J connectivity index is 1.90. The van der Waals surface area contributed by atoms with Gasteiger partial charge in [-0.2, -0.15) is 0 Å². The number of aromatic nitrogens is 1. The van der Waals surface area contributed by atoms with Gasteiger partial charge in [-0.15, -0.1) is 0 Å². The monoisotopic (exact) mass is 385 g/mol. The van der Waals surface area contributed by atoms with Crippen LogP contribution in [0.4, 0.5) is 0 Å². The van der Waals surface area contributed by atoms with Gasteiger partial charge in [-0.1, -0.05) is 6.92 Å². The van der Waals surface area contributed by atoms with Crippen LogP contribution in [0, 0.1) is 0 Å². The highest BCUT2D eigenvalue weighted by Gasteiger charge is 2.35. The number of likely N-dealkylation sites (N-methyl/N-ethyl adjacent to an activating group) is 1. The van der Waals surface area contributed by atoms with Crippen LogP contribution in [-0.2, 0) is 4.79 Å². The number of nitrogens with one attached hydrogen (secondary N) is 1. The third kappa shape index (κ3) is 4.35. The normalized spacial score (nSPS) is 20.6. The fourth-order valence-electron chi connectivity index (χ4n) is 2.99. The predicted molar refractivity (Wildman–Crippen MR) is 91.7 cm³/mol. The average molecular weight is 386 g/mol. The molecule has 0 saturated heterocycles. The van der Waals surface area contributed by atoms with Gasteiger partial charge in [-0.3, -0.25) is 14.5 Å². The number of hydrogen-bond acceptors (Lipinski definition) is 3. The fraction of sp³-hybridized carbons (Fsp3) is 0.625. The summed E-state index contributed by atoms with van der Waals surface area (Å²) in [4.78, 5) is 25.2. The van der Waals surface area contributed by atoms with Crippen molar-refractivity contribution in [2.75, 3.05) is 13.1 Å². The number of nitrogens with zero attached hydrogens (tertiary/aromatic N) is 2. The Labute approximate surface area is 145 Å². The van der Waals surface area contributed by atoms with E-state index in [2.05, 4.69) is 21.2 Å². The molecule has 1 saturated carbocycles. The number of aliphatic carboxylic acids is 1. The van der Waals surface area contributed by atoms with E-state index in [1.807, 2.05) is 42.5 Å². The minimum Gasteiger partial charge on any atom is -0.480 e. The smallest absolute Gasteiger partial charge is 0.317 e. The maximum absolute atomic E-state index is 12.4. The summed E-state index contributed by atoms with van der Waals surface area (Å²) in [5.41, 5.74) is 0.646. The van der Waals surface area contributed by atoms with Crippen LogP contribution in [-0.4, -0.2) is 51.6 Å². The van der Waals surface area contributed by atoms with Crippen LogP contribution in [0.3, 0.4) is 0 Å². The highest BCUT2D eigenvalue weighted by molar-refractivity contribution is 9.10. The second kappa shape index (κ2) is 7.49. The molecule has 6 nitrogen and oxygen atoms in total. The van der Waals surface area contributed by atoms with E-state index in [1.54, 1.807) is 0 Å². The molecule has 1 aromatic rings. The van der Waals surface area contributed by atoms with Gasteiger partial charge in [-0.05, 0) is 55.2 Å². The maximum Gasteiger partial charge on any atom is 0.317 e. The molecular formula is C16H24BrN3O3. The molecule has 0 bridgehead atoms. The molecule has 23 heavy (non-hydrogen) atoms. The molecule has 0 aliphatic heterocycles. The zero-order valence-corrected chi connectivity index (χ0v) is 15.3. The standard InChI is InChI=1S/C16H24BrN3O3/c1-4-19(9-15(21)22)13-6-12(7-13)18-16(23)14-5-11(17)8-20(14)10(2)3/h5,8,10,12-13H,4,6-7,9H2,1-3H3,(H,18,23)(H,21,22). The molecular weight excluding hydrogens is 362 g/mol. The summed E-state index contributed by atoms with van der Waals surface area (Å²) in [6.45, 7) is 6.80. The molecule has 1 aromatic heterocycles. The zero-order valence-electron chi connectivity index (χ0n) is 13.8. The summed E-state index contributed by atoms with van der Waals surface area (Å²) in [6, 6.07) is 2.39. The van der Waals surface area contributed by atoms with Crippen molar-refractivity contribution in [1.82, 2.24) is 14.8 Å². The Kier molecular flexibility index (Phi) is 5.86. The number of hydrogen-bond donors (Lipinski definition) is 2. The van der Waals surface area contributed by atoms with Crippen molar-refractivity contribution < 1.29 is 14.7 Å². The lowest BCUT2D eigenvalue weighted by molar-refractivity contribution is -0.139. The van der Waals surface area contributed by atoms with Crippen LogP contribution >= 0.6 is 15.9 Å². The molecule has 0 aromatic carbocycles. The van der Waals surface area contributed by atoms with Crippen LogP contribution in [0.25, 0.3) is 0 Å². The van der Waals surface area contributed by atoms with Gasteiger partial charge in [0.25, 0.3) is 5.91 Å². The van der Waals surface area contributed by atoms with E-state index in [4.69, 9.17) is 5.11 Å². The number of rotatable bonds is 7. The van der Waals surface area contributed by atoms with Gasteiger partial charge >= 0.3 is 5.97 Å². The van der Waals surface area contributed by atoms with Gasteiger partial charge in [0.05, 0.1) is 6.54 Å². The van der Waals surface area contributed by atoms with E-state index >= 15 is 0 Å². The highest BCUT2D eigenvalue weighted by Crippen LogP contribution is 2.26. The molecule has 0 spiro atoms. The second-order valence-corrected chi connectivity index (χ2v) is 7.21. The lowest BCUT2D eigenvalue weighted by atomic mass is 9.85. The third-order valence-electron chi connectivity index (χ3n) is 4.31. The maximum atomic E-state index is 12.4. The van der Waals surface area contributed by atoms with Crippen molar-refractivity contribution in [3.05, 3.63) is 22.4 Å². The number of carbonyl (C=O) groups is 2. The van der Waals surface area contributed by atoms with Gasteiger partial charge in [0.1, 0.15) is 5.69 Å². The first-order valence-electron chi connectivity index (χ1n) is 7.95. The van der Waals surface area contributed by atoms with E-state index in [0.29, 0.717) is 12.2 Å². The Morgan fingerprint density at radius 1 is 1.48 bits per heavy atom. The molecule has 1 heterocycles. The summed E-state index contributed by atoms with van der Waals surface area (Å²) in [6.07, 6.45) is 3.52. The van der Waals surface area contributed by atoms with Crippen molar-refractivity contribution in [1.29, 1.82) is 0 Å². The first kappa shape index (κ1) is 18.0. The number of amides is 1. The molecule has 2 rings (SSSR count). The molecule has 1 amide bonds. The highest BCUT2D eigenvalue weighted by atomic mass is 79.9. The molecule has 1 aliphatic carbocycles. The lowest BCUT2D eigenvalue weighted by Gasteiger charge is -2.42. The van der Waals surface area contributed by atoms with Crippen LogP contribution in [0.5, 0.6) is 0 Å². The quantitative estimate of drug-likeness (QED) is 0.755. The van der Waals surface area contributed by atoms with Crippen LogP contribution in [0.2, 0.25) is 0 Å². The number of carbonyl (C=O) groups excluding carboxylic acids is 1. The molecule has 0 atom stereocenters. The van der Waals surface area contributed by atoms with Gasteiger partial charge in [-0.25, -0.2) is 0 Å². The number of carboxylic acid groups (broad SMARTS) is 1. The van der Waals surface area contributed by atoms with Crippen molar-refractivity contribution >= 4 is 27.8 Å². The summed E-state index contributed by atoms with van der Waals surface area (Å²) in [5.74, 6) is -0.881. The summed E-state index contributed by atoms with van der Waals surface area (Å²) < 4.78 is 2.83. The predicted octanol–water partition coefficient (Wildman–Crippen LogP) is 2.50. The van der Waals surface area contributed by atoms with E-state index in [1.165, 1.54) is 0 Å². The van der Waals surface area contributed by atoms with E-state index in [0.717, 1.165) is 17.3 Å². The van der Waals surface area contributed by atoms with E-state index in [-0.39, 0.29) is 30.6 Å². The molecule has 7 heteroatoms. The molecule has 1 fully saturated rings. The first-order chi connectivity index (χ1) is 10.8. The van der Waals surface area contributed by atoms with E-state index in [9.17, 15) is 9.59 Å². The number of halogens is 1. The van der Waals surface area contributed by atoms with Crippen LogP contribution in [0.15, 0.2) is 16.7 Å². The van der Waals surface area contributed by atoms with Crippen molar-refractivity contribution in [2.45, 2.75) is 51.7 Å². The summed E-state index contributed by atoms with van der Waals surface area (Å²) in [7, 11) is 0. The molecule has 0 radical (unpaired) electrons. The topological polar surface area (TPSA) is 74.6 Å². The Bertz CT molecular complexity index is 579. The third-order valence-corrected chi connectivity index (χ3v) is 4.75. The molecule has 0 unspecified atom stereocenters. The van der Waals surface area contributed by atoms with Gasteiger partial charge < -0.3 is 15.0 Å². The SMILES string of the molecule is CCN(CC(=O)O)C1CC(NC(=O)c2cc(Br)cn2C(C)C)C1. The van der Waals surface area contributed by atoms with Gasteiger partial charge in [0.2, 0.25) is 0 Å². The van der Waals surface area contributed by atoms with Crippen LogP contribution < -0.4 is 5.32 Å². The van der Waals surface area contributed by atoms with Crippen molar-refractivity contribution in [2.24, 2.45) is 0 Å². The lowest BCUT2D eigenvalue weighted by Crippen LogP contribution is -2.55. The Hall–Kier alpha value is -1.34. The fourth-order valence-corrected chi connectivity index (χ4v) is 3.43. The number of carboxylic acids is 1. The zero-order chi connectivity index (χ0) is 17.1. The van der Waals surface area contributed by atoms with Gasteiger partial charge in [0, 0.05) is 28.8 Å². The minimum atomic E-state index is -0.807. The second-order valence-electron chi connectivity index (χ2n) is 6.30. The van der Waals surface area contributed by atoms with Gasteiger partial charge in [0.15, 0.2) is 0 Å². The molecule has 128 valence electrons. The molecule has 1 aliphatic rings. The van der Waals surface area contributed by atoms with Crippen LogP contribution in [0.1, 0.15) is 50.1 Å². The summed E-state index contributed by atoms with van der Waals surface area (Å²) in [5, 5.41) is 12.0. The first-order valence-corrected chi connectivity index (χ1v) is 8.75. The van der Waals surface area contributed by atoms with Crippen molar-refractivity contribution in [3.8, 4) is 0 Å². The summed E-state index contributed by atoms with van der Waals surface area (Å²) >= 11 is 3.41. The molecule has 2 N–H and O–H groups in total. The van der Waals surface area contributed by atoms with E-state index < -0.39 is 5.97 Å². The largest absolute Gasteiger partial charge is 0.480 e.